The van der Waals surface area contributed by atoms with E-state index >= 15 is 0 Å². The van der Waals surface area contributed by atoms with Gasteiger partial charge in [-0.1, -0.05) is 13.8 Å². The normalized spacial score (nSPS) is 11.0. The summed E-state index contributed by atoms with van der Waals surface area (Å²) in [5, 5.41) is 9.08. The molecule has 0 aliphatic rings. The van der Waals surface area contributed by atoms with E-state index in [0.717, 1.165) is 11.2 Å². The molecule has 0 saturated carbocycles. The molecule has 1 aromatic carbocycles. The predicted molar refractivity (Wildman–Crippen MR) is 85.1 cm³/mol. The molecule has 2 aromatic heterocycles. The van der Waals surface area contributed by atoms with E-state index in [1.54, 1.807) is 40.6 Å². The molecule has 0 aliphatic heterocycles. The van der Waals surface area contributed by atoms with Crippen molar-refractivity contribution in [3.8, 4) is 11.8 Å². The lowest BCUT2D eigenvalue weighted by atomic mass is 10.1. The van der Waals surface area contributed by atoms with Crippen LogP contribution in [0.4, 0.5) is 0 Å². The monoisotopic (exact) mass is 292 g/mol. The van der Waals surface area contributed by atoms with Gasteiger partial charge >= 0.3 is 5.69 Å². The van der Waals surface area contributed by atoms with E-state index in [9.17, 15) is 4.79 Å². The van der Waals surface area contributed by atoms with Crippen LogP contribution in [0.3, 0.4) is 0 Å². The maximum absolute atomic E-state index is 12.5. The fourth-order valence-corrected chi connectivity index (χ4v) is 2.53. The number of benzene rings is 1. The second-order valence-corrected chi connectivity index (χ2v) is 5.59. The van der Waals surface area contributed by atoms with Gasteiger partial charge in [-0.2, -0.15) is 5.26 Å². The zero-order chi connectivity index (χ0) is 15.9. The van der Waals surface area contributed by atoms with Crippen LogP contribution in [0.15, 0.2) is 41.3 Å². The molecule has 0 aliphatic carbocycles. The molecule has 110 valence electrons. The lowest BCUT2D eigenvalue weighted by Crippen LogP contribution is -2.21. The molecule has 0 radical (unpaired) electrons. The molecule has 3 rings (SSSR count). The first kappa shape index (κ1) is 14.1. The molecule has 5 heteroatoms. The van der Waals surface area contributed by atoms with Crippen molar-refractivity contribution in [2.24, 2.45) is 7.05 Å². The summed E-state index contributed by atoms with van der Waals surface area (Å²) in [6.45, 7) is 4.15. The Kier molecular flexibility index (Phi) is 3.30. The Hall–Kier alpha value is -2.87. The third-order valence-corrected chi connectivity index (χ3v) is 3.81. The topological polar surface area (TPSA) is 63.6 Å². The van der Waals surface area contributed by atoms with Gasteiger partial charge in [0.15, 0.2) is 0 Å². The molecule has 0 N–H and O–H groups in total. The van der Waals surface area contributed by atoms with Crippen molar-refractivity contribution in [1.29, 1.82) is 5.26 Å². The van der Waals surface area contributed by atoms with Crippen LogP contribution in [0.1, 0.15) is 31.0 Å². The van der Waals surface area contributed by atoms with Crippen molar-refractivity contribution in [3.63, 3.8) is 0 Å². The molecule has 0 bridgehead atoms. The van der Waals surface area contributed by atoms with Gasteiger partial charge in [0, 0.05) is 12.7 Å². The van der Waals surface area contributed by atoms with Gasteiger partial charge in [-0.15, -0.1) is 0 Å². The van der Waals surface area contributed by atoms with Gasteiger partial charge in [0.2, 0.25) is 0 Å². The third-order valence-electron chi connectivity index (χ3n) is 3.81. The summed E-state index contributed by atoms with van der Waals surface area (Å²) in [4.78, 5) is 16.9. The molecule has 0 unspecified atom stereocenters. The van der Waals surface area contributed by atoms with Gasteiger partial charge in [-0.25, -0.2) is 4.79 Å². The van der Waals surface area contributed by atoms with Crippen molar-refractivity contribution >= 4 is 11.0 Å². The number of rotatable bonds is 2. The minimum Gasteiger partial charge on any atom is -0.295 e. The molecular formula is C17H16N4O. The smallest absolute Gasteiger partial charge is 0.295 e. The van der Waals surface area contributed by atoms with Crippen LogP contribution >= 0.6 is 0 Å². The van der Waals surface area contributed by atoms with Crippen LogP contribution in [0.2, 0.25) is 0 Å². The van der Waals surface area contributed by atoms with E-state index in [0.29, 0.717) is 22.7 Å². The van der Waals surface area contributed by atoms with E-state index in [1.165, 1.54) is 0 Å². The van der Waals surface area contributed by atoms with Gasteiger partial charge < -0.3 is 0 Å². The fraction of sp³-hybridized carbons (Fsp3) is 0.235. The van der Waals surface area contributed by atoms with Crippen molar-refractivity contribution in [2.75, 3.05) is 0 Å². The number of aromatic nitrogens is 3. The Morgan fingerprint density at radius 2 is 1.95 bits per heavy atom. The Morgan fingerprint density at radius 3 is 2.55 bits per heavy atom. The largest absolute Gasteiger partial charge is 0.333 e. The zero-order valence-corrected chi connectivity index (χ0v) is 12.7. The summed E-state index contributed by atoms with van der Waals surface area (Å²) in [6, 6.07) is 11.2. The Morgan fingerprint density at radius 1 is 1.18 bits per heavy atom. The molecule has 5 nitrogen and oxygen atoms in total. The first-order valence-electron chi connectivity index (χ1n) is 7.11. The number of nitrogens with zero attached hydrogens (tertiary/aromatic N) is 4. The molecule has 22 heavy (non-hydrogen) atoms. The minimum atomic E-state index is -0.149. The molecule has 0 amide bonds. The summed E-state index contributed by atoms with van der Waals surface area (Å²) in [5.74, 6) is 0.337. The highest BCUT2D eigenvalue weighted by Gasteiger charge is 2.13. The number of nitriles is 1. The highest BCUT2D eigenvalue weighted by atomic mass is 16.1. The van der Waals surface area contributed by atoms with Crippen LogP contribution in [-0.2, 0) is 7.05 Å². The second-order valence-electron chi connectivity index (χ2n) is 5.59. The SMILES string of the molecule is CC(C)c1ccc(-n2c(=O)n(C)c3ccc(C#N)cc32)cn1. The van der Waals surface area contributed by atoms with Gasteiger partial charge in [0.25, 0.3) is 0 Å². The summed E-state index contributed by atoms with van der Waals surface area (Å²) in [6.07, 6.45) is 1.70. The van der Waals surface area contributed by atoms with Gasteiger partial charge in [0.05, 0.1) is 34.6 Å². The van der Waals surface area contributed by atoms with E-state index in [-0.39, 0.29) is 5.69 Å². The number of pyridine rings is 1. The van der Waals surface area contributed by atoms with Gasteiger partial charge in [-0.3, -0.25) is 14.1 Å². The fourth-order valence-electron chi connectivity index (χ4n) is 2.53. The van der Waals surface area contributed by atoms with E-state index in [1.807, 2.05) is 12.1 Å². The average Bonchev–Trinajstić information content (AvgIpc) is 2.78. The van der Waals surface area contributed by atoms with Crippen molar-refractivity contribution in [2.45, 2.75) is 19.8 Å². The minimum absolute atomic E-state index is 0.149. The third kappa shape index (κ3) is 2.09. The molecule has 0 fully saturated rings. The Balaban J connectivity index is 2.28. The highest BCUT2D eigenvalue weighted by Crippen LogP contribution is 2.19. The summed E-state index contributed by atoms with van der Waals surface area (Å²) < 4.78 is 3.17. The molecule has 2 heterocycles. The van der Waals surface area contributed by atoms with Gasteiger partial charge in [-0.05, 0) is 36.2 Å². The Bertz CT molecular complexity index is 940. The van der Waals surface area contributed by atoms with Crippen LogP contribution in [-0.4, -0.2) is 14.1 Å². The standard InChI is InChI=1S/C17H16N4O/c1-11(2)14-6-5-13(10-19-14)21-16-8-12(9-18)4-7-15(16)20(3)17(21)22/h4-8,10-11H,1-3H3. The predicted octanol–water partition coefficient (Wildman–Crippen LogP) is 2.72. The van der Waals surface area contributed by atoms with Crippen molar-refractivity contribution < 1.29 is 0 Å². The summed E-state index contributed by atoms with van der Waals surface area (Å²) >= 11 is 0. The molecule has 0 spiro atoms. The molecule has 3 aromatic rings. The summed E-state index contributed by atoms with van der Waals surface area (Å²) in [7, 11) is 1.73. The maximum atomic E-state index is 12.5. The second kappa shape index (κ2) is 5.15. The summed E-state index contributed by atoms with van der Waals surface area (Å²) in [5.41, 5.74) is 3.57. The highest BCUT2D eigenvalue weighted by molar-refractivity contribution is 5.79. The number of imidazole rings is 1. The number of hydrogen-bond donors (Lipinski definition) is 0. The van der Waals surface area contributed by atoms with E-state index in [4.69, 9.17) is 5.26 Å². The van der Waals surface area contributed by atoms with Gasteiger partial charge in [0.1, 0.15) is 0 Å². The van der Waals surface area contributed by atoms with Crippen molar-refractivity contribution in [1.82, 2.24) is 14.1 Å². The average molecular weight is 292 g/mol. The van der Waals surface area contributed by atoms with E-state index < -0.39 is 0 Å². The van der Waals surface area contributed by atoms with Crippen LogP contribution < -0.4 is 5.69 Å². The lowest BCUT2D eigenvalue weighted by Gasteiger charge is -2.07. The number of aryl methyl sites for hydroxylation is 1. The number of hydrogen-bond acceptors (Lipinski definition) is 3. The molecule has 0 saturated heterocycles. The quantitative estimate of drug-likeness (QED) is 0.729. The maximum Gasteiger partial charge on any atom is 0.333 e. The van der Waals surface area contributed by atoms with Crippen LogP contribution in [0.5, 0.6) is 0 Å². The van der Waals surface area contributed by atoms with Crippen LogP contribution in [0, 0.1) is 11.3 Å². The van der Waals surface area contributed by atoms with Crippen molar-refractivity contribution in [3.05, 3.63) is 58.3 Å². The lowest BCUT2D eigenvalue weighted by molar-refractivity contribution is 0.812. The first-order chi connectivity index (χ1) is 10.5. The molecular weight excluding hydrogens is 276 g/mol. The first-order valence-corrected chi connectivity index (χ1v) is 7.11. The van der Waals surface area contributed by atoms with E-state index in [2.05, 4.69) is 24.9 Å². The Labute approximate surface area is 128 Å². The molecule has 0 atom stereocenters. The zero-order valence-electron chi connectivity index (χ0n) is 12.7. The number of fused-ring (bicyclic) bond motifs is 1. The van der Waals surface area contributed by atoms with Crippen LogP contribution in [0.25, 0.3) is 16.7 Å².